The fourth-order valence-corrected chi connectivity index (χ4v) is 5.68. The van der Waals surface area contributed by atoms with Crippen molar-refractivity contribution in [3.8, 4) is 5.75 Å². The second-order valence-corrected chi connectivity index (χ2v) is 8.81. The molecule has 3 nitrogen and oxygen atoms in total. The van der Waals surface area contributed by atoms with Crippen molar-refractivity contribution >= 4 is 23.2 Å². The van der Waals surface area contributed by atoms with Crippen molar-refractivity contribution in [2.45, 2.75) is 51.4 Å². The average molecular weight is 358 g/mol. The summed E-state index contributed by atoms with van der Waals surface area (Å²) in [5, 5.41) is 0.492. The third kappa shape index (κ3) is 2.69. The van der Waals surface area contributed by atoms with E-state index >= 15 is 0 Å². The number of fused-ring (bicyclic) bond motifs is 5. The number of rotatable bonds is 1. The van der Waals surface area contributed by atoms with Gasteiger partial charge in [0.25, 0.3) is 5.17 Å². The normalized spacial score (nSPS) is 33.2. The topological polar surface area (TPSA) is 29.5 Å². The summed E-state index contributed by atoms with van der Waals surface area (Å²) in [7, 11) is 3.79. The van der Waals surface area contributed by atoms with E-state index in [0.29, 0.717) is 28.7 Å². The molecule has 0 bridgehead atoms. The van der Waals surface area contributed by atoms with E-state index in [0.717, 1.165) is 37.9 Å². The average Bonchev–Trinajstić information content (AvgIpc) is 2.89. The zero-order valence-corrected chi connectivity index (χ0v) is 16.2. The summed E-state index contributed by atoms with van der Waals surface area (Å²) in [6, 6.07) is 6.48. The van der Waals surface area contributed by atoms with Crippen LogP contribution < -0.4 is 4.74 Å². The maximum Gasteiger partial charge on any atom is 0.264 e. The molecule has 4 heteroatoms. The zero-order valence-electron chi connectivity index (χ0n) is 15.4. The van der Waals surface area contributed by atoms with Crippen LogP contribution in [0.25, 0.3) is 0 Å². The first kappa shape index (κ1) is 17.0. The molecule has 2 saturated carbocycles. The highest BCUT2D eigenvalue weighted by Crippen LogP contribution is 2.59. The Morgan fingerprint density at radius 1 is 1.24 bits per heavy atom. The molecule has 0 aliphatic heterocycles. The summed E-state index contributed by atoms with van der Waals surface area (Å²) in [5.41, 5.74) is 2.86. The van der Waals surface area contributed by atoms with E-state index in [-0.39, 0.29) is 5.41 Å². The molecule has 0 aromatic heterocycles. The number of carbonyl (C=O) groups excluding carboxylic acids is 1. The summed E-state index contributed by atoms with van der Waals surface area (Å²) in [5.74, 6) is 3.23. The number of aryl methyl sites for hydroxylation is 1. The quantitative estimate of drug-likeness (QED) is 0.700. The lowest BCUT2D eigenvalue weighted by atomic mass is 9.55. The number of ether oxygens (including phenoxy) is 1. The van der Waals surface area contributed by atoms with Crippen molar-refractivity contribution in [3.05, 3.63) is 29.3 Å². The standard InChI is InChI=1S/C21H27NO2S/c1-21-11-10-16-15-7-5-14(24-20(25)22(2)3)12-13(15)4-6-17(16)18(21)8-9-19(21)23/h5,7,12,16-18H,4,6,8-11H2,1-3H3/t16-,17-,18+,21+/m1/s1. The van der Waals surface area contributed by atoms with Gasteiger partial charge >= 0.3 is 0 Å². The molecule has 0 N–H and O–H groups in total. The van der Waals surface area contributed by atoms with Crippen LogP contribution in [0.15, 0.2) is 18.2 Å². The van der Waals surface area contributed by atoms with E-state index in [1.807, 2.05) is 19.0 Å². The van der Waals surface area contributed by atoms with Crippen LogP contribution in [0.4, 0.5) is 0 Å². The molecule has 1 aromatic rings. The molecule has 0 radical (unpaired) electrons. The molecule has 0 saturated heterocycles. The first-order chi connectivity index (χ1) is 11.9. The lowest BCUT2D eigenvalue weighted by Gasteiger charge is -2.48. The molecule has 0 unspecified atom stereocenters. The fourth-order valence-electron chi connectivity index (χ4n) is 5.59. The zero-order chi connectivity index (χ0) is 17.8. The maximum atomic E-state index is 12.4. The molecule has 1 aromatic carbocycles. The minimum absolute atomic E-state index is 0.0420. The van der Waals surface area contributed by atoms with Crippen LogP contribution in [0.3, 0.4) is 0 Å². The van der Waals surface area contributed by atoms with Gasteiger partial charge in [0.1, 0.15) is 11.5 Å². The van der Waals surface area contributed by atoms with E-state index in [1.165, 1.54) is 17.5 Å². The second kappa shape index (κ2) is 6.08. The van der Waals surface area contributed by atoms with Gasteiger partial charge in [-0.1, -0.05) is 13.0 Å². The number of nitrogens with zero attached hydrogens (tertiary/aromatic N) is 1. The first-order valence-corrected chi connectivity index (χ1v) is 9.86. The number of carbonyl (C=O) groups is 1. The number of benzene rings is 1. The monoisotopic (exact) mass is 357 g/mol. The van der Waals surface area contributed by atoms with Gasteiger partial charge in [0, 0.05) is 25.9 Å². The Bertz CT molecular complexity index is 729. The Morgan fingerprint density at radius 2 is 2.04 bits per heavy atom. The molecule has 134 valence electrons. The van der Waals surface area contributed by atoms with Gasteiger partial charge in [-0.25, -0.2) is 0 Å². The summed E-state index contributed by atoms with van der Waals surface area (Å²) in [6.07, 6.45) is 6.39. The van der Waals surface area contributed by atoms with Crippen LogP contribution in [0.1, 0.15) is 56.1 Å². The second-order valence-electron chi connectivity index (χ2n) is 8.46. The Balaban J connectivity index is 1.59. The number of hydrogen-bond acceptors (Lipinski definition) is 3. The number of thiocarbonyl (C=S) groups is 1. The van der Waals surface area contributed by atoms with E-state index in [4.69, 9.17) is 17.0 Å². The SMILES string of the molecule is CN(C)C(=S)Oc1ccc2c(c1)CC[C@@H]1[C@@H]2CC[C@]2(C)C(=O)CC[C@@H]12. The minimum Gasteiger partial charge on any atom is -0.432 e. The predicted molar refractivity (Wildman–Crippen MR) is 103 cm³/mol. The summed E-state index contributed by atoms with van der Waals surface area (Å²) in [6.45, 7) is 2.23. The molecule has 2 fully saturated rings. The lowest BCUT2D eigenvalue weighted by molar-refractivity contribution is -0.129. The first-order valence-electron chi connectivity index (χ1n) is 9.45. The Kier molecular flexibility index (Phi) is 4.14. The molecule has 4 atom stereocenters. The highest BCUT2D eigenvalue weighted by molar-refractivity contribution is 7.80. The highest BCUT2D eigenvalue weighted by Gasteiger charge is 2.54. The van der Waals surface area contributed by atoms with E-state index in [9.17, 15) is 4.79 Å². The van der Waals surface area contributed by atoms with Crippen molar-refractivity contribution in [1.82, 2.24) is 4.90 Å². The van der Waals surface area contributed by atoms with Crippen molar-refractivity contribution in [2.75, 3.05) is 14.1 Å². The largest absolute Gasteiger partial charge is 0.432 e. The van der Waals surface area contributed by atoms with Gasteiger partial charge in [-0.15, -0.1) is 0 Å². The molecule has 25 heavy (non-hydrogen) atoms. The highest BCUT2D eigenvalue weighted by atomic mass is 32.1. The van der Waals surface area contributed by atoms with Crippen LogP contribution in [0, 0.1) is 17.3 Å². The maximum absolute atomic E-state index is 12.4. The molecule has 3 aliphatic carbocycles. The predicted octanol–water partition coefficient (Wildman–Crippen LogP) is 4.34. The summed E-state index contributed by atoms with van der Waals surface area (Å²) >= 11 is 5.25. The van der Waals surface area contributed by atoms with Crippen LogP contribution in [0.2, 0.25) is 0 Å². The van der Waals surface area contributed by atoms with Gasteiger partial charge in [-0.05, 0) is 85.3 Å². The van der Waals surface area contributed by atoms with Crippen LogP contribution >= 0.6 is 12.2 Å². The third-order valence-electron chi connectivity index (χ3n) is 6.98. The van der Waals surface area contributed by atoms with Gasteiger partial charge in [-0.2, -0.15) is 0 Å². The van der Waals surface area contributed by atoms with Crippen LogP contribution in [0.5, 0.6) is 5.75 Å². The van der Waals surface area contributed by atoms with Crippen molar-refractivity contribution in [2.24, 2.45) is 17.3 Å². The third-order valence-corrected chi connectivity index (χ3v) is 7.43. The summed E-state index contributed by atoms with van der Waals surface area (Å²) in [4.78, 5) is 14.2. The Morgan fingerprint density at radius 3 is 2.80 bits per heavy atom. The molecular weight excluding hydrogens is 330 g/mol. The smallest absolute Gasteiger partial charge is 0.264 e. The minimum atomic E-state index is -0.0420. The molecule has 3 aliphatic rings. The van der Waals surface area contributed by atoms with Crippen LogP contribution in [-0.4, -0.2) is 30.0 Å². The van der Waals surface area contributed by atoms with Crippen molar-refractivity contribution < 1.29 is 9.53 Å². The van der Waals surface area contributed by atoms with Gasteiger partial charge in [0.05, 0.1) is 0 Å². The number of ketones is 1. The van der Waals surface area contributed by atoms with Crippen LogP contribution in [-0.2, 0) is 11.2 Å². The molecular formula is C21H27NO2S. The van der Waals surface area contributed by atoms with Crippen molar-refractivity contribution in [3.63, 3.8) is 0 Å². The lowest BCUT2D eigenvalue weighted by Crippen LogP contribution is -2.42. The van der Waals surface area contributed by atoms with E-state index < -0.39 is 0 Å². The molecule has 4 rings (SSSR count). The Hall–Kier alpha value is -1.42. The van der Waals surface area contributed by atoms with E-state index in [1.54, 1.807) is 0 Å². The van der Waals surface area contributed by atoms with E-state index in [2.05, 4.69) is 25.1 Å². The molecule has 0 spiro atoms. The Labute approximate surface area is 155 Å². The molecule has 0 heterocycles. The van der Waals surface area contributed by atoms with Gasteiger partial charge < -0.3 is 9.64 Å². The summed E-state index contributed by atoms with van der Waals surface area (Å²) < 4.78 is 5.79. The van der Waals surface area contributed by atoms with Gasteiger partial charge in [0.2, 0.25) is 0 Å². The van der Waals surface area contributed by atoms with Gasteiger partial charge in [-0.3, -0.25) is 4.79 Å². The van der Waals surface area contributed by atoms with Gasteiger partial charge in [0.15, 0.2) is 0 Å². The van der Waals surface area contributed by atoms with Crippen molar-refractivity contribution in [1.29, 1.82) is 0 Å². The number of Topliss-reactive ketones (excluding diaryl/α,β-unsaturated/α-hetero) is 1. The molecule has 0 amide bonds. The fraction of sp³-hybridized carbons (Fsp3) is 0.619. The number of hydrogen-bond donors (Lipinski definition) is 0.